The maximum absolute atomic E-state index is 11.4. The van der Waals surface area contributed by atoms with Gasteiger partial charge >= 0.3 is 5.97 Å². The number of aliphatic imine (C=N–C) groups is 1. The van der Waals surface area contributed by atoms with Crippen LogP contribution < -0.4 is 4.74 Å². The molecule has 1 heterocycles. The van der Waals surface area contributed by atoms with Crippen LogP contribution in [0.5, 0.6) is 5.75 Å². The van der Waals surface area contributed by atoms with Gasteiger partial charge in [0.2, 0.25) is 5.54 Å². The van der Waals surface area contributed by atoms with E-state index < -0.39 is 11.5 Å². The summed E-state index contributed by atoms with van der Waals surface area (Å²) in [6.07, 6.45) is 0. The van der Waals surface area contributed by atoms with Crippen molar-refractivity contribution in [1.29, 1.82) is 0 Å². The number of carbonyl (C=O) groups is 1. The summed E-state index contributed by atoms with van der Waals surface area (Å²) < 4.78 is 5.64. The fraction of sp³-hybridized carbons (Fsp3) is 0.176. The topological polar surface area (TPSA) is 58.9 Å². The summed E-state index contributed by atoms with van der Waals surface area (Å²) in [7, 11) is 0. The maximum atomic E-state index is 11.4. The molecule has 0 radical (unpaired) electrons. The molecular formula is C17H15NO3S. The van der Waals surface area contributed by atoms with Crippen LogP contribution in [0.1, 0.15) is 0 Å². The lowest BCUT2D eigenvalue weighted by Gasteiger charge is -2.20. The zero-order chi connectivity index (χ0) is 15.4. The van der Waals surface area contributed by atoms with Crippen molar-refractivity contribution in [2.75, 3.05) is 12.4 Å². The molecule has 1 unspecified atom stereocenters. The minimum Gasteiger partial charge on any atom is -0.490 e. The summed E-state index contributed by atoms with van der Waals surface area (Å²) >= 11 is 1.39. The van der Waals surface area contributed by atoms with E-state index in [2.05, 4.69) is 4.99 Å². The molecule has 1 aliphatic rings. The van der Waals surface area contributed by atoms with Crippen LogP contribution in [0.2, 0.25) is 0 Å². The second-order valence-corrected chi connectivity index (χ2v) is 5.89. The van der Waals surface area contributed by atoms with E-state index in [4.69, 9.17) is 4.74 Å². The highest BCUT2D eigenvalue weighted by molar-refractivity contribution is 8.12. The predicted octanol–water partition coefficient (Wildman–Crippen LogP) is 3.33. The van der Waals surface area contributed by atoms with Gasteiger partial charge in [0.1, 0.15) is 12.4 Å². The number of carboxylic acids is 1. The zero-order valence-electron chi connectivity index (χ0n) is 11.8. The molecule has 4 nitrogen and oxygen atoms in total. The molecule has 0 spiro atoms. The second-order valence-electron chi connectivity index (χ2n) is 5.06. The maximum Gasteiger partial charge on any atom is 0.336 e. The number of hydrogen-bond donors (Lipinski definition) is 1. The van der Waals surface area contributed by atoms with Gasteiger partial charge in [0.25, 0.3) is 0 Å². The summed E-state index contributed by atoms with van der Waals surface area (Å²) in [4.78, 5) is 15.4. The molecule has 0 aliphatic carbocycles. The Morgan fingerprint density at radius 1 is 1.14 bits per heavy atom. The molecule has 5 heteroatoms. The fourth-order valence-electron chi connectivity index (χ4n) is 2.19. The van der Waals surface area contributed by atoms with Crippen molar-refractivity contribution in [3.05, 3.63) is 54.6 Å². The first-order valence-electron chi connectivity index (χ1n) is 6.87. The highest BCUT2D eigenvalue weighted by Crippen LogP contribution is 2.27. The molecule has 2 aromatic rings. The average Bonchev–Trinajstić information content (AvgIpc) is 3.05. The molecule has 0 aromatic heterocycles. The van der Waals surface area contributed by atoms with Crippen molar-refractivity contribution < 1.29 is 14.6 Å². The SMILES string of the molecule is O=C(O)C1(COc2ccc(-c3ccccc3)cc2)CSC=N1. The van der Waals surface area contributed by atoms with Crippen LogP contribution in [0, 0.1) is 0 Å². The van der Waals surface area contributed by atoms with E-state index in [9.17, 15) is 9.90 Å². The van der Waals surface area contributed by atoms with E-state index in [-0.39, 0.29) is 6.61 Å². The third-order valence-corrected chi connectivity index (χ3v) is 4.43. The number of thioether (sulfide) groups is 1. The third-order valence-electron chi connectivity index (χ3n) is 3.53. The molecule has 0 fully saturated rings. The number of carboxylic acid groups (broad SMARTS) is 1. The Hall–Kier alpha value is -2.27. The number of benzene rings is 2. The molecule has 0 bridgehead atoms. The molecule has 22 heavy (non-hydrogen) atoms. The van der Waals surface area contributed by atoms with E-state index in [1.165, 1.54) is 11.8 Å². The highest BCUT2D eigenvalue weighted by atomic mass is 32.2. The summed E-state index contributed by atoms with van der Waals surface area (Å²) in [6.45, 7) is 0.0382. The minimum atomic E-state index is -1.16. The summed E-state index contributed by atoms with van der Waals surface area (Å²) in [6, 6.07) is 17.7. The Kier molecular flexibility index (Phi) is 4.15. The van der Waals surface area contributed by atoms with Crippen LogP contribution in [0.15, 0.2) is 59.6 Å². The lowest BCUT2D eigenvalue weighted by Crippen LogP contribution is -2.43. The van der Waals surface area contributed by atoms with Gasteiger partial charge < -0.3 is 9.84 Å². The monoisotopic (exact) mass is 313 g/mol. The minimum absolute atomic E-state index is 0.0382. The van der Waals surface area contributed by atoms with Gasteiger partial charge in [0, 0.05) is 5.75 Å². The average molecular weight is 313 g/mol. The van der Waals surface area contributed by atoms with Crippen molar-refractivity contribution in [2.24, 2.45) is 4.99 Å². The van der Waals surface area contributed by atoms with Gasteiger partial charge in [-0.3, -0.25) is 4.99 Å². The van der Waals surface area contributed by atoms with Crippen molar-refractivity contribution in [3.63, 3.8) is 0 Å². The molecule has 3 rings (SSSR count). The Bertz CT molecular complexity index is 685. The van der Waals surface area contributed by atoms with Gasteiger partial charge in [-0.1, -0.05) is 42.5 Å². The molecule has 1 N–H and O–H groups in total. The standard InChI is InChI=1S/C17H15NO3S/c19-16(20)17(11-22-12-18-17)10-21-15-8-6-14(7-9-15)13-4-2-1-3-5-13/h1-9,12H,10-11H2,(H,19,20). The first-order chi connectivity index (χ1) is 10.7. The molecule has 1 atom stereocenters. The van der Waals surface area contributed by atoms with Gasteiger partial charge in [-0.15, -0.1) is 11.8 Å². The number of hydrogen-bond acceptors (Lipinski definition) is 4. The molecule has 0 saturated carbocycles. The Labute approximate surface area is 132 Å². The van der Waals surface area contributed by atoms with Crippen LogP contribution in [-0.2, 0) is 4.79 Å². The van der Waals surface area contributed by atoms with Crippen LogP contribution >= 0.6 is 11.8 Å². The van der Waals surface area contributed by atoms with E-state index in [0.29, 0.717) is 11.5 Å². The fourth-order valence-corrected chi connectivity index (χ4v) is 3.09. The Balaban J connectivity index is 1.69. The molecule has 2 aromatic carbocycles. The van der Waals surface area contributed by atoms with E-state index >= 15 is 0 Å². The van der Waals surface area contributed by atoms with Crippen molar-refractivity contribution in [2.45, 2.75) is 5.54 Å². The summed E-state index contributed by atoms with van der Waals surface area (Å²) in [5.74, 6) is 0.104. The first kappa shape index (κ1) is 14.7. The Morgan fingerprint density at radius 3 is 2.41 bits per heavy atom. The number of nitrogens with zero attached hydrogens (tertiary/aromatic N) is 1. The number of aliphatic carboxylic acids is 1. The van der Waals surface area contributed by atoms with Gasteiger partial charge in [0.15, 0.2) is 0 Å². The van der Waals surface area contributed by atoms with E-state index in [1.54, 1.807) is 5.55 Å². The smallest absolute Gasteiger partial charge is 0.336 e. The molecular weight excluding hydrogens is 298 g/mol. The Morgan fingerprint density at radius 2 is 1.82 bits per heavy atom. The summed E-state index contributed by atoms with van der Waals surface area (Å²) in [5.41, 5.74) is 2.64. The first-order valence-corrected chi connectivity index (χ1v) is 7.91. The van der Waals surface area contributed by atoms with Crippen LogP contribution in [-0.4, -0.2) is 34.5 Å². The quantitative estimate of drug-likeness (QED) is 0.920. The van der Waals surface area contributed by atoms with Crippen LogP contribution in [0.3, 0.4) is 0 Å². The van der Waals surface area contributed by atoms with Gasteiger partial charge in [0.05, 0.1) is 5.55 Å². The second kappa shape index (κ2) is 6.23. The van der Waals surface area contributed by atoms with Crippen molar-refractivity contribution in [1.82, 2.24) is 0 Å². The number of ether oxygens (including phenoxy) is 1. The van der Waals surface area contributed by atoms with Crippen molar-refractivity contribution in [3.8, 4) is 16.9 Å². The largest absolute Gasteiger partial charge is 0.490 e. The zero-order valence-corrected chi connectivity index (χ0v) is 12.6. The lowest BCUT2D eigenvalue weighted by atomic mass is 10.1. The molecule has 0 saturated heterocycles. The molecule has 0 amide bonds. The van der Waals surface area contributed by atoms with Crippen LogP contribution in [0.25, 0.3) is 11.1 Å². The summed E-state index contributed by atoms with van der Waals surface area (Å²) in [5, 5.41) is 9.33. The normalized spacial score (nSPS) is 20.0. The van der Waals surface area contributed by atoms with Crippen molar-refractivity contribution >= 4 is 23.3 Å². The molecule has 1 aliphatic heterocycles. The predicted molar refractivity (Wildman–Crippen MR) is 88.7 cm³/mol. The van der Waals surface area contributed by atoms with E-state index in [1.807, 2.05) is 54.6 Å². The lowest BCUT2D eigenvalue weighted by molar-refractivity contribution is -0.143. The van der Waals surface area contributed by atoms with E-state index in [0.717, 1.165) is 11.1 Å². The third kappa shape index (κ3) is 2.99. The van der Waals surface area contributed by atoms with Gasteiger partial charge in [-0.05, 0) is 23.3 Å². The number of rotatable bonds is 5. The van der Waals surface area contributed by atoms with Gasteiger partial charge in [-0.25, -0.2) is 4.79 Å². The van der Waals surface area contributed by atoms with Gasteiger partial charge in [-0.2, -0.15) is 0 Å². The molecule has 112 valence electrons. The van der Waals surface area contributed by atoms with Crippen LogP contribution in [0.4, 0.5) is 0 Å². The highest BCUT2D eigenvalue weighted by Gasteiger charge is 2.41.